The average molecular weight is 479 g/mol. The summed E-state index contributed by atoms with van der Waals surface area (Å²) < 4.78 is 1.82. The van der Waals surface area contributed by atoms with Crippen molar-refractivity contribution < 1.29 is 14.7 Å². The molecule has 1 aliphatic rings. The van der Waals surface area contributed by atoms with Crippen LogP contribution >= 0.6 is 0 Å². The van der Waals surface area contributed by atoms with Gasteiger partial charge in [-0.3, -0.25) is 9.59 Å². The van der Waals surface area contributed by atoms with E-state index in [0.29, 0.717) is 6.42 Å². The van der Waals surface area contributed by atoms with Crippen LogP contribution in [0.2, 0.25) is 0 Å². The number of amides is 1. The molecule has 36 heavy (non-hydrogen) atoms. The zero-order valence-electron chi connectivity index (χ0n) is 19.9. The van der Waals surface area contributed by atoms with E-state index in [2.05, 4.69) is 0 Å². The third-order valence-electron chi connectivity index (χ3n) is 6.27. The van der Waals surface area contributed by atoms with Crippen molar-refractivity contribution in [1.82, 2.24) is 14.8 Å². The zero-order valence-corrected chi connectivity index (χ0v) is 19.9. The molecule has 1 amide bonds. The van der Waals surface area contributed by atoms with Crippen LogP contribution in [0.25, 0.3) is 16.9 Å². The van der Waals surface area contributed by atoms with Crippen LogP contribution in [-0.4, -0.2) is 37.5 Å². The summed E-state index contributed by atoms with van der Waals surface area (Å²) in [6.07, 6.45) is 2.09. The summed E-state index contributed by atoms with van der Waals surface area (Å²) in [5.41, 5.74) is 6.33. The lowest BCUT2D eigenvalue weighted by Crippen LogP contribution is -2.27. The highest BCUT2D eigenvalue weighted by molar-refractivity contribution is 6.03. The Morgan fingerprint density at radius 3 is 2.22 bits per heavy atom. The number of aromatic nitrogens is 2. The van der Waals surface area contributed by atoms with E-state index in [9.17, 15) is 9.59 Å². The molecule has 1 aromatic heterocycles. The van der Waals surface area contributed by atoms with Gasteiger partial charge >= 0.3 is 5.97 Å². The van der Waals surface area contributed by atoms with Crippen molar-refractivity contribution in [3.8, 4) is 16.9 Å². The van der Waals surface area contributed by atoms with E-state index in [1.807, 2.05) is 103 Å². The van der Waals surface area contributed by atoms with Gasteiger partial charge in [-0.2, -0.15) is 10.2 Å². The Bertz CT molecular complexity index is 1410. The summed E-state index contributed by atoms with van der Waals surface area (Å²) in [4.78, 5) is 24.4. The van der Waals surface area contributed by atoms with Gasteiger partial charge in [0.05, 0.1) is 29.6 Å². The molecule has 1 aliphatic heterocycles. The van der Waals surface area contributed by atoms with Crippen molar-refractivity contribution in [2.45, 2.75) is 32.2 Å². The number of carboxylic acids is 1. The Morgan fingerprint density at radius 2 is 1.56 bits per heavy atom. The quantitative estimate of drug-likeness (QED) is 0.386. The van der Waals surface area contributed by atoms with Crippen LogP contribution in [0.4, 0.5) is 0 Å². The highest BCUT2D eigenvalue weighted by Crippen LogP contribution is 2.38. The second-order valence-electron chi connectivity index (χ2n) is 8.84. The maximum Gasteiger partial charge on any atom is 0.303 e. The van der Waals surface area contributed by atoms with Crippen molar-refractivity contribution >= 4 is 17.6 Å². The van der Waals surface area contributed by atoms with Crippen molar-refractivity contribution in [1.29, 1.82) is 0 Å². The lowest BCUT2D eigenvalue weighted by molar-refractivity contribution is -0.141. The van der Waals surface area contributed by atoms with Crippen molar-refractivity contribution in [3.05, 3.63) is 108 Å². The minimum Gasteiger partial charge on any atom is -0.481 e. The molecule has 1 atom stereocenters. The number of carbonyl (C=O) groups excluding carboxylic acids is 1. The van der Waals surface area contributed by atoms with E-state index in [1.54, 1.807) is 0 Å². The van der Waals surface area contributed by atoms with Gasteiger partial charge in [0.15, 0.2) is 0 Å². The molecule has 1 unspecified atom stereocenters. The second kappa shape index (κ2) is 10.00. The smallest absolute Gasteiger partial charge is 0.303 e. The third-order valence-corrected chi connectivity index (χ3v) is 6.27. The molecule has 4 aromatic rings. The zero-order chi connectivity index (χ0) is 25.1. The van der Waals surface area contributed by atoms with Crippen LogP contribution in [0.1, 0.15) is 42.0 Å². The third kappa shape index (κ3) is 4.81. The molecule has 5 rings (SSSR count). The van der Waals surface area contributed by atoms with Crippen LogP contribution in [0.15, 0.2) is 96.2 Å². The maximum atomic E-state index is 13.2. The molecule has 0 fully saturated rings. The number of hydrogen-bond donors (Lipinski definition) is 1. The number of aliphatic carboxylic acids is 1. The average Bonchev–Trinajstić information content (AvgIpc) is 3.54. The second-order valence-corrected chi connectivity index (χ2v) is 8.84. The Balaban J connectivity index is 1.59. The first-order chi connectivity index (χ1) is 17.5. The fraction of sp³-hybridized carbons (Fsp3) is 0.172. The van der Waals surface area contributed by atoms with Crippen molar-refractivity contribution in [2.75, 3.05) is 0 Å². The largest absolute Gasteiger partial charge is 0.481 e. The number of carboxylic acid groups (broad SMARTS) is 1. The molecule has 0 bridgehead atoms. The van der Waals surface area contributed by atoms with Crippen molar-refractivity contribution in [2.24, 2.45) is 5.10 Å². The molecular formula is C29H26N4O3. The van der Waals surface area contributed by atoms with Crippen LogP contribution in [0.3, 0.4) is 0 Å². The summed E-state index contributed by atoms with van der Waals surface area (Å²) >= 11 is 0. The molecule has 0 saturated heterocycles. The molecule has 7 heteroatoms. The van der Waals surface area contributed by atoms with Gasteiger partial charge in [-0.15, -0.1) is 0 Å². The van der Waals surface area contributed by atoms with E-state index in [4.69, 9.17) is 15.3 Å². The number of hydrogen-bond acceptors (Lipinski definition) is 4. The lowest BCUT2D eigenvalue weighted by Gasteiger charge is -2.21. The summed E-state index contributed by atoms with van der Waals surface area (Å²) in [6, 6.07) is 27.3. The topological polar surface area (TPSA) is 87.8 Å². The normalized spacial score (nSPS) is 15.1. The van der Waals surface area contributed by atoms with E-state index < -0.39 is 12.0 Å². The lowest BCUT2D eigenvalue weighted by atomic mass is 9.96. The minimum absolute atomic E-state index is 0.121. The summed E-state index contributed by atoms with van der Waals surface area (Å²) in [7, 11) is 0. The predicted octanol–water partition coefficient (Wildman–Crippen LogP) is 5.39. The Morgan fingerprint density at radius 1 is 0.889 bits per heavy atom. The van der Waals surface area contributed by atoms with E-state index >= 15 is 0 Å². The number of carbonyl (C=O) groups is 2. The van der Waals surface area contributed by atoms with E-state index in [0.717, 1.165) is 39.3 Å². The number of rotatable bonds is 7. The highest BCUT2D eigenvalue weighted by Gasteiger charge is 2.36. The standard InChI is InChI=1S/C29H26N4O3/c1-20-12-14-21(15-13-20)25-18-26(33(30-25)27(34)16-17-28(35)36)24-19-32(23-10-6-3-7-11-23)31-29(24)22-8-4-2-5-9-22/h2-15,19,26H,16-18H2,1H3,(H,35,36). The summed E-state index contributed by atoms with van der Waals surface area (Å²) in [6.45, 7) is 2.02. The van der Waals surface area contributed by atoms with Crippen LogP contribution in [0.5, 0.6) is 0 Å². The van der Waals surface area contributed by atoms with Gasteiger partial charge in [0.2, 0.25) is 5.91 Å². The molecule has 0 spiro atoms. The molecule has 7 nitrogen and oxygen atoms in total. The SMILES string of the molecule is Cc1ccc(C2=NN(C(=O)CCC(=O)O)C(c3cn(-c4ccccc4)nc3-c3ccccc3)C2)cc1. The molecule has 2 heterocycles. The molecule has 0 saturated carbocycles. The van der Waals surface area contributed by atoms with Gasteiger partial charge in [0.25, 0.3) is 0 Å². The van der Waals surface area contributed by atoms with E-state index in [1.165, 1.54) is 5.01 Å². The fourth-order valence-corrected chi connectivity index (χ4v) is 4.40. The van der Waals surface area contributed by atoms with Crippen LogP contribution < -0.4 is 0 Å². The highest BCUT2D eigenvalue weighted by atomic mass is 16.4. The molecular weight excluding hydrogens is 452 g/mol. The van der Waals surface area contributed by atoms with Gasteiger partial charge in [-0.25, -0.2) is 9.69 Å². The van der Waals surface area contributed by atoms with Crippen LogP contribution in [-0.2, 0) is 9.59 Å². The molecule has 0 radical (unpaired) electrons. The summed E-state index contributed by atoms with van der Waals surface area (Å²) in [5.74, 6) is -1.33. The molecule has 180 valence electrons. The number of hydrazone groups is 1. The minimum atomic E-state index is -1.01. The Labute approximate surface area is 209 Å². The Kier molecular flexibility index (Phi) is 6.45. The molecule has 3 aromatic carbocycles. The maximum absolute atomic E-state index is 13.2. The van der Waals surface area contributed by atoms with Gasteiger partial charge in [-0.05, 0) is 24.6 Å². The van der Waals surface area contributed by atoms with Gasteiger partial charge in [0.1, 0.15) is 0 Å². The number of para-hydroxylation sites is 1. The Hall–Kier alpha value is -4.52. The number of nitrogens with zero attached hydrogens (tertiary/aromatic N) is 4. The first-order valence-corrected chi connectivity index (χ1v) is 11.9. The monoisotopic (exact) mass is 478 g/mol. The van der Waals surface area contributed by atoms with Crippen molar-refractivity contribution in [3.63, 3.8) is 0 Å². The predicted molar refractivity (Wildman–Crippen MR) is 138 cm³/mol. The van der Waals surface area contributed by atoms with E-state index in [-0.39, 0.29) is 18.7 Å². The van der Waals surface area contributed by atoms with Crippen LogP contribution in [0, 0.1) is 6.92 Å². The molecule has 1 N–H and O–H groups in total. The van der Waals surface area contributed by atoms with Gasteiger partial charge in [-0.1, -0.05) is 78.4 Å². The first kappa shape index (κ1) is 23.2. The van der Waals surface area contributed by atoms with Gasteiger partial charge < -0.3 is 5.11 Å². The fourth-order valence-electron chi connectivity index (χ4n) is 4.40. The van der Waals surface area contributed by atoms with Gasteiger partial charge in [0, 0.05) is 30.2 Å². The first-order valence-electron chi connectivity index (χ1n) is 11.9. The number of aryl methyl sites for hydroxylation is 1. The summed E-state index contributed by atoms with van der Waals surface area (Å²) in [5, 5.41) is 20.2. The number of benzene rings is 3. The molecule has 0 aliphatic carbocycles.